The fourth-order valence-electron chi connectivity index (χ4n) is 1.83. The molecule has 1 aromatic heterocycles. The zero-order valence-electron chi connectivity index (χ0n) is 13.6. The van der Waals surface area contributed by atoms with Crippen LogP contribution in [-0.2, 0) is 4.79 Å². The second-order valence-corrected chi connectivity index (χ2v) is 5.68. The average Bonchev–Trinajstić information content (AvgIpc) is 2.98. The quantitative estimate of drug-likeness (QED) is 0.340. The first kappa shape index (κ1) is 19.8. The van der Waals surface area contributed by atoms with Crippen LogP contribution < -0.4 is 16.4 Å². The van der Waals surface area contributed by atoms with Gasteiger partial charge in [0.05, 0.1) is 18.8 Å². The fourth-order valence-corrected chi connectivity index (χ4v) is 1.83. The highest BCUT2D eigenvalue weighted by Crippen LogP contribution is 2.21. The van der Waals surface area contributed by atoms with Gasteiger partial charge in [-0.2, -0.15) is 4.98 Å². The summed E-state index contributed by atoms with van der Waals surface area (Å²) in [7, 11) is 0. The van der Waals surface area contributed by atoms with E-state index in [4.69, 9.17) is 20.5 Å². The maximum atomic E-state index is 12.0. The molecule has 3 unspecified atom stereocenters. The van der Waals surface area contributed by atoms with Gasteiger partial charge in [-0.15, -0.1) is 0 Å². The number of aliphatic hydroxyl groups excluding tert-OH is 2. The number of carbonyl (C=O) groups is 2. The minimum Gasteiger partial charge on any atom is -0.480 e. The molecule has 0 saturated carbocycles. The normalized spacial score (nSPS) is 16.3. The van der Waals surface area contributed by atoms with E-state index in [1.807, 2.05) is 0 Å². The van der Waals surface area contributed by atoms with Crippen molar-refractivity contribution < 1.29 is 29.4 Å². The second kappa shape index (κ2) is 8.57. The van der Waals surface area contributed by atoms with Gasteiger partial charge in [0.1, 0.15) is 6.04 Å². The Bertz CT molecular complexity index is 561. The van der Waals surface area contributed by atoms with E-state index in [-0.39, 0.29) is 24.2 Å². The van der Waals surface area contributed by atoms with Crippen molar-refractivity contribution in [3.63, 3.8) is 0 Å². The van der Waals surface area contributed by atoms with Gasteiger partial charge in [0.15, 0.2) is 11.9 Å². The molecule has 136 valence electrons. The van der Waals surface area contributed by atoms with Gasteiger partial charge in [-0.25, -0.2) is 9.59 Å². The summed E-state index contributed by atoms with van der Waals surface area (Å²) in [6, 6.07) is -3.79. The number of carboxylic acid groups (broad SMARTS) is 1. The van der Waals surface area contributed by atoms with Crippen molar-refractivity contribution in [2.75, 3.05) is 6.61 Å². The Morgan fingerprint density at radius 3 is 2.38 bits per heavy atom. The molecule has 0 aliphatic heterocycles. The molecule has 24 heavy (non-hydrogen) atoms. The Kier molecular flexibility index (Phi) is 7.07. The Morgan fingerprint density at radius 2 is 1.92 bits per heavy atom. The first-order valence-electron chi connectivity index (χ1n) is 7.35. The number of aromatic nitrogens is 2. The molecule has 0 saturated heterocycles. The van der Waals surface area contributed by atoms with Crippen LogP contribution in [0, 0.1) is 5.92 Å². The summed E-state index contributed by atoms with van der Waals surface area (Å²) < 4.78 is 5.05. The van der Waals surface area contributed by atoms with E-state index in [9.17, 15) is 14.7 Å². The van der Waals surface area contributed by atoms with Crippen LogP contribution in [-0.4, -0.2) is 56.2 Å². The lowest BCUT2D eigenvalue weighted by atomic mass is 10.0. The number of hydrogen-bond donors (Lipinski definition) is 6. The summed E-state index contributed by atoms with van der Waals surface area (Å²) in [6.07, 6.45) is -1.27. The highest BCUT2D eigenvalue weighted by molar-refractivity contribution is 5.83. The summed E-state index contributed by atoms with van der Waals surface area (Å²) in [5.74, 6) is -1.37. The number of hydrogen-bond acceptors (Lipinski definition) is 8. The molecule has 4 atom stereocenters. The molecule has 1 rings (SSSR count). The smallest absolute Gasteiger partial charge is 0.328 e. The van der Waals surface area contributed by atoms with E-state index < -0.39 is 36.2 Å². The SMILES string of the molecule is CC(C)C(NC(=O)NC(C(=O)O)C(C)O)c1nc([C@@H](N)CO)no1. The van der Waals surface area contributed by atoms with Gasteiger partial charge in [0.2, 0.25) is 5.89 Å². The third kappa shape index (κ3) is 5.15. The van der Waals surface area contributed by atoms with Gasteiger partial charge >= 0.3 is 12.0 Å². The van der Waals surface area contributed by atoms with Crippen molar-refractivity contribution in [1.29, 1.82) is 0 Å². The first-order chi connectivity index (χ1) is 11.2. The van der Waals surface area contributed by atoms with Gasteiger partial charge in [-0.05, 0) is 12.8 Å². The fraction of sp³-hybridized carbons (Fsp3) is 0.692. The number of urea groups is 1. The molecular weight excluding hydrogens is 322 g/mol. The van der Waals surface area contributed by atoms with Crippen molar-refractivity contribution in [2.45, 2.75) is 45.0 Å². The molecule has 0 aromatic carbocycles. The van der Waals surface area contributed by atoms with Crippen molar-refractivity contribution in [3.8, 4) is 0 Å². The van der Waals surface area contributed by atoms with E-state index in [2.05, 4.69) is 20.8 Å². The van der Waals surface area contributed by atoms with E-state index in [0.29, 0.717) is 0 Å². The van der Waals surface area contributed by atoms with Crippen LogP contribution in [0.1, 0.15) is 44.6 Å². The summed E-state index contributed by atoms with van der Waals surface area (Å²) in [5.41, 5.74) is 5.59. The third-order valence-electron chi connectivity index (χ3n) is 3.24. The molecule has 0 aliphatic carbocycles. The lowest BCUT2D eigenvalue weighted by Gasteiger charge is -2.22. The molecule has 0 bridgehead atoms. The molecule has 11 nitrogen and oxygen atoms in total. The number of carbonyl (C=O) groups excluding carboxylic acids is 1. The van der Waals surface area contributed by atoms with Gasteiger partial charge in [-0.3, -0.25) is 0 Å². The van der Waals surface area contributed by atoms with E-state index >= 15 is 0 Å². The Balaban J connectivity index is 2.84. The Labute approximate surface area is 138 Å². The van der Waals surface area contributed by atoms with Crippen molar-refractivity contribution >= 4 is 12.0 Å². The molecule has 0 radical (unpaired) electrons. The first-order valence-corrected chi connectivity index (χ1v) is 7.35. The van der Waals surface area contributed by atoms with Crippen molar-refractivity contribution in [1.82, 2.24) is 20.8 Å². The molecule has 1 aromatic rings. The number of carboxylic acids is 1. The number of aliphatic carboxylic acids is 1. The van der Waals surface area contributed by atoms with Crippen LogP contribution in [0.5, 0.6) is 0 Å². The van der Waals surface area contributed by atoms with Gasteiger partial charge < -0.3 is 36.2 Å². The highest BCUT2D eigenvalue weighted by atomic mass is 16.5. The van der Waals surface area contributed by atoms with Crippen LogP contribution >= 0.6 is 0 Å². The molecule has 1 heterocycles. The van der Waals surface area contributed by atoms with Crippen LogP contribution in [0.4, 0.5) is 4.79 Å². The summed E-state index contributed by atoms with van der Waals surface area (Å²) in [5, 5.41) is 35.6. The maximum Gasteiger partial charge on any atom is 0.328 e. The Hall–Kier alpha value is -2.24. The van der Waals surface area contributed by atoms with Gasteiger partial charge in [-0.1, -0.05) is 19.0 Å². The highest BCUT2D eigenvalue weighted by Gasteiger charge is 2.29. The zero-order chi connectivity index (χ0) is 18.4. The monoisotopic (exact) mass is 345 g/mol. The number of aliphatic hydroxyl groups is 2. The predicted molar refractivity (Wildman–Crippen MR) is 80.7 cm³/mol. The standard InChI is InChI=1S/C13H23N5O6/c1-5(2)8(11-17-10(18-24-11)7(14)4-19)15-13(23)16-9(6(3)20)12(21)22/h5-9,19-20H,4,14H2,1-3H3,(H,21,22)(H2,15,16,23)/t6?,7-,8?,9?/m0/s1. The lowest BCUT2D eigenvalue weighted by Crippen LogP contribution is -2.52. The maximum absolute atomic E-state index is 12.0. The van der Waals surface area contributed by atoms with Crippen molar-refractivity contribution in [3.05, 3.63) is 11.7 Å². The molecule has 0 spiro atoms. The molecule has 0 fully saturated rings. The molecule has 11 heteroatoms. The predicted octanol–water partition coefficient (Wildman–Crippen LogP) is -1.11. The molecular formula is C13H23N5O6. The van der Waals surface area contributed by atoms with Gasteiger partial charge in [0.25, 0.3) is 0 Å². The minimum atomic E-state index is -1.46. The van der Waals surface area contributed by atoms with E-state index in [1.165, 1.54) is 6.92 Å². The third-order valence-corrected chi connectivity index (χ3v) is 3.24. The number of amides is 2. The summed E-state index contributed by atoms with van der Waals surface area (Å²) in [6.45, 7) is 4.45. The average molecular weight is 345 g/mol. The second-order valence-electron chi connectivity index (χ2n) is 5.68. The number of nitrogens with zero attached hydrogens (tertiary/aromatic N) is 2. The van der Waals surface area contributed by atoms with E-state index in [1.54, 1.807) is 13.8 Å². The van der Waals surface area contributed by atoms with Crippen molar-refractivity contribution in [2.24, 2.45) is 11.7 Å². The summed E-state index contributed by atoms with van der Waals surface area (Å²) >= 11 is 0. The molecule has 2 amide bonds. The Morgan fingerprint density at radius 1 is 1.29 bits per heavy atom. The summed E-state index contributed by atoms with van der Waals surface area (Å²) in [4.78, 5) is 27.0. The number of rotatable bonds is 8. The number of nitrogens with one attached hydrogen (secondary N) is 2. The molecule has 0 aliphatic rings. The topological polar surface area (TPSA) is 184 Å². The van der Waals surface area contributed by atoms with Crippen LogP contribution in [0.15, 0.2) is 4.52 Å². The van der Waals surface area contributed by atoms with E-state index in [0.717, 1.165) is 0 Å². The minimum absolute atomic E-state index is 0.0722. The largest absolute Gasteiger partial charge is 0.480 e. The zero-order valence-corrected chi connectivity index (χ0v) is 13.6. The van der Waals surface area contributed by atoms with Crippen LogP contribution in [0.3, 0.4) is 0 Å². The molecule has 7 N–H and O–H groups in total. The number of nitrogens with two attached hydrogens (primary N) is 1. The lowest BCUT2D eigenvalue weighted by molar-refractivity contribution is -0.141. The van der Waals surface area contributed by atoms with Crippen LogP contribution in [0.25, 0.3) is 0 Å². The van der Waals surface area contributed by atoms with Gasteiger partial charge in [0, 0.05) is 0 Å². The van der Waals surface area contributed by atoms with Crippen LogP contribution in [0.2, 0.25) is 0 Å².